The average molecular weight is 589 g/mol. The molecule has 0 aliphatic heterocycles. The number of para-hydroxylation sites is 1. The van der Waals surface area contributed by atoms with Crippen LogP contribution in [0.4, 0.5) is 17.1 Å². The third-order valence-corrected chi connectivity index (χ3v) is 8.12. The Morgan fingerprint density at radius 3 is 2.26 bits per heavy atom. The van der Waals surface area contributed by atoms with Crippen molar-refractivity contribution in [1.29, 1.82) is 0 Å². The number of benzene rings is 4. The first kappa shape index (κ1) is 29.7. The Balaban J connectivity index is 1.62. The van der Waals surface area contributed by atoms with E-state index in [1.54, 1.807) is 18.2 Å². The molecule has 11 nitrogen and oxygen atoms in total. The number of ether oxygens (including phenoxy) is 1. The van der Waals surface area contributed by atoms with Crippen molar-refractivity contribution in [3.8, 4) is 5.75 Å². The molecule has 0 bridgehead atoms. The first-order valence-corrected chi connectivity index (χ1v) is 14.2. The van der Waals surface area contributed by atoms with Crippen LogP contribution in [0.3, 0.4) is 0 Å². The lowest BCUT2D eigenvalue weighted by Gasteiger charge is -2.24. The number of carbonyl (C=O) groups excluding carboxylic acids is 2. The molecule has 0 saturated carbocycles. The minimum atomic E-state index is -4.45. The van der Waals surface area contributed by atoms with Crippen LogP contribution in [0.5, 0.6) is 5.75 Å². The van der Waals surface area contributed by atoms with E-state index in [1.165, 1.54) is 56.5 Å². The van der Waals surface area contributed by atoms with Crippen molar-refractivity contribution in [2.75, 3.05) is 23.3 Å². The Hall–Kier alpha value is -5.23. The minimum absolute atomic E-state index is 0.128. The van der Waals surface area contributed by atoms with Crippen molar-refractivity contribution in [3.05, 3.63) is 124 Å². The third kappa shape index (κ3) is 6.91. The highest BCUT2D eigenvalue weighted by Gasteiger charge is 2.30. The number of rotatable bonds is 11. The number of methoxy groups -OCH3 is 1. The monoisotopic (exact) mass is 588 g/mol. The normalized spacial score (nSPS) is 10.9. The van der Waals surface area contributed by atoms with Crippen LogP contribution in [0, 0.1) is 17.0 Å². The molecule has 0 aliphatic rings. The van der Waals surface area contributed by atoms with Crippen molar-refractivity contribution < 1.29 is 27.7 Å². The number of anilines is 2. The molecule has 2 N–H and O–H groups in total. The summed E-state index contributed by atoms with van der Waals surface area (Å²) in [5.74, 6) is -0.706. The van der Waals surface area contributed by atoms with Crippen LogP contribution in [0.1, 0.15) is 21.5 Å². The number of nitro benzene ring substituents is 1. The fourth-order valence-corrected chi connectivity index (χ4v) is 5.56. The maximum absolute atomic E-state index is 13.8. The van der Waals surface area contributed by atoms with Crippen LogP contribution in [-0.2, 0) is 21.4 Å². The van der Waals surface area contributed by atoms with E-state index in [0.717, 1.165) is 15.9 Å². The number of nitrogens with zero attached hydrogens (tertiary/aromatic N) is 2. The van der Waals surface area contributed by atoms with Crippen LogP contribution in [0.2, 0.25) is 0 Å². The van der Waals surface area contributed by atoms with Gasteiger partial charge in [-0.1, -0.05) is 48.5 Å². The number of aryl methyl sites for hydroxylation is 1. The molecule has 0 heterocycles. The second-order valence-electron chi connectivity index (χ2n) is 9.18. The van der Waals surface area contributed by atoms with Gasteiger partial charge in [-0.05, 0) is 55.0 Å². The number of carbonyl (C=O) groups is 2. The Labute approximate surface area is 243 Å². The first-order chi connectivity index (χ1) is 20.1. The SMILES string of the molecule is COc1ccc(N(CC(=O)Nc2ccccc2C(=O)NCc2ccccc2)S(=O)(=O)c2ccc(C)c([N+](=O)[O-])c2)cc1. The Morgan fingerprint density at radius 1 is 0.929 bits per heavy atom. The highest BCUT2D eigenvalue weighted by atomic mass is 32.2. The maximum atomic E-state index is 13.8. The summed E-state index contributed by atoms with van der Waals surface area (Å²) in [7, 11) is -3.00. The molecular weight excluding hydrogens is 560 g/mol. The smallest absolute Gasteiger partial charge is 0.273 e. The van der Waals surface area contributed by atoms with E-state index in [1.807, 2.05) is 30.3 Å². The molecule has 0 radical (unpaired) electrons. The molecule has 4 aromatic carbocycles. The van der Waals surface area contributed by atoms with Crippen molar-refractivity contribution >= 4 is 38.9 Å². The van der Waals surface area contributed by atoms with Crippen LogP contribution in [-0.4, -0.2) is 38.8 Å². The second-order valence-corrected chi connectivity index (χ2v) is 11.0. The average Bonchev–Trinajstić information content (AvgIpc) is 2.99. The lowest BCUT2D eigenvalue weighted by Crippen LogP contribution is -2.38. The fourth-order valence-electron chi connectivity index (χ4n) is 4.12. The molecule has 0 aliphatic carbocycles. The summed E-state index contributed by atoms with van der Waals surface area (Å²) in [6.07, 6.45) is 0. The minimum Gasteiger partial charge on any atom is -0.497 e. The number of hydrogen-bond donors (Lipinski definition) is 2. The van der Waals surface area contributed by atoms with E-state index in [-0.39, 0.29) is 39.6 Å². The number of hydrogen-bond acceptors (Lipinski definition) is 7. The van der Waals surface area contributed by atoms with Gasteiger partial charge in [-0.25, -0.2) is 8.42 Å². The Bertz CT molecular complexity index is 1710. The second kappa shape index (κ2) is 13.0. The van der Waals surface area contributed by atoms with Crippen LogP contribution in [0.15, 0.2) is 102 Å². The molecule has 0 atom stereocenters. The van der Waals surface area contributed by atoms with Crippen LogP contribution >= 0.6 is 0 Å². The molecule has 0 spiro atoms. The molecule has 0 unspecified atom stereocenters. The van der Waals surface area contributed by atoms with E-state index in [9.17, 15) is 28.1 Å². The fraction of sp³-hybridized carbons (Fsp3) is 0.133. The quantitative estimate of drug-likeness (QED) is 0.191. The number of nitro groups is 1. The topological polar surface area (TPSA) is 148 Å². The maximum Gasteiger partial charge on any atom is 0.273 e. The summed E-state index contributed by atoms with van der Waals surface area (Å²) < 4.78 is 33.6. The van der Waals surface area contributed by atoms with Gasteiger partial charge in [0.1, 0.15) is 12.3 Å². The molecule has 216 valence electrons. The summed E-state index contributed by atoms with van der Waals surface area (Å²) in [5.41, 5.74) is 1.31. The van der Waals surface area contributed by atoms with E-state index >= 15 is 0 Å². The highest BCUT2D eigenvalue weighted by molar-refractivity contribution is 7.92. The summed E-state index contributed by atoms with van der Waals surface area (Å²) in [5, 5.41) is 16.9. The number of amides is 2. The van der Waals surface area contributed by atoms with Gasteiger partial charge in [0.15, 0.2) is 0 Å². The van der Waals surface area contributed by atoms with E-state index in [4.69, 9.17) is 4.74 Å². The molecule has 0 aromatic heterocycles. The standard InChI is InChI=1S/C30H28N4O7S/c1-21-12-17-25(18-28(21)34(37)38)42(39,40)33(23-13-15-24(41-2)16-14-23)20-29(35)32-27-11-7-6-10-26(27)30(36)31-19-22-8-4-3-5-9-22/h3-18H,19-20H2,1-2H3,(H,31,36)(H,32,35). The highest BCUT2D eigenvalue weighted by Crippen LogP contribution is 2.29. The largest absolute Gasteiger partial charge is 0.497 e. The van der Waals surface area contributed by atoms with Gasteiger partial charge in [0, 0.05) is 18.2 Å². The molecule has 2 amide bonds. The number of sulfonamides is 1. The molecular formula is C30H28N4O7S. The lowest BCUT2D eigenvalue weighted by atomic mass is 10.1. The van der Waals surface area contributed by atoms with Crippen molar-refractivity contribution in [1.82, 2.24) is 5.32 Å². The van der Waals surface area contributed by atoms with Crippen molar-refractivity contribution in [3.63, 3.8) is 0 Å². The van der Waals surface area contributed by atoms with Gasteiger partial charge in [-0.2, -0.15) is 0 Å². The molecule has 0 saturated heterocycles. The summed E-state index contributed by atoms with van der Waals surface area (Å²) >= 11 is 0. The van der Waals surface area contributed by atoms with E-state index in [0.29, 0.717) is 5.75 Å². The summed E-state index contributed by atoms with van der Waals surface area (Å²) in [4.78, 5) is 36.7. The van der Waals surface area contributed by atoms with Crippen LogP contribution < -0.4 is 19.7 Å². The Morgan fingerprint density at radius 2 is 1.60 bits per heavy atom. The zero-order valence-corrected chi connectivity index (χ0v) is 23.6. The number of nitrogens with one attached hydrogen (secondary N) is 2. The zero-order valence-electron chi connectivity index (χ0n) is 22.8. The van der Waals surface area contributed by atoms with E-state index < -0.39 is 33.3 Å². The zero-order chi connectivity index (χ0) is 30.3. The van der Waals surface area contributed by atoms with Gasteiger partial charge in [0.25, 0.3) is 21.6 Å². The van der Waals surface area contributed by atoms with Gasteiger partial charge < -0.3 is 15.4 Å². The lowest BCUT2D eigenvalue weighted by molar-refractivity contribution is -0.385. The summed E-state index contributed by atoms with van der Waals surface area (Å²) in [6, 6.07) is 25.2. The summed E-state index contributed by atoms with van der Waals surface area (Å²) in [6.45, 7) is 1.08. The molecule has 12 heteroatoms. The van der Waals surface area contributed by atoms with Crippen molar-refractivity contribution in [2.24, 2.45) is 0 Å². The van der Waals surface area contributed by atoms with Gasteiger partial charge in [0.05, 0.1) is 33.9 Å². The predicted octanol–water partition coefficient (Wildman–Crippen LogP) is 4.68. The predicted molar refractivity (Wildman–Crippen MR) is 158 cm³/mol. The molecule has 0 fully saturated rings. The third-order valence-electron chi connectivity index (χ3n) is 6.35. The molecule has 4 aromatic rings. The van der Waals surface area contributed by atoms with Gasteiger partial charge in [-0.3, -0.25) is 24.0 Å². The van der Waals surface area contributed by atoms with Gasteiger partial charge in [-0.15, -0.1) is 0 Å². The first-order valence-electron chi connectivity index (χ1n) is 12.7. The van der Waals surface area contributed by atoms with Gasteiger partial charge >= 0.3 is 0 Å². The van der Waals surface area contributed by atoms with Crippen LogP contribution in [0.25, 0.3) is 0 Å². The molecule has 42 heavy (non-hydrogen) atoms. The van der Waals surface area contributed by atoms with Crippen molar-refractivity contribution in [2.45, 2.75) is 18.4 Å². The molecule has 4 rings (SSSR count). The Kier molecular flexibility index (Phi) is 9.18. The van der Waals surface area contributed by atoms with E-state index in [2.05, 4.69) is 10.6 Å². The van der Waals surface area contributed by atoms with Gasteiger partial charge in [0.2, 0.25) is 5.91 Å².